The number of ketones is 1. The predicted molar refractivity (Wildman–Crippen MR) is 87.3 cm³/mol. The van der Waals surface area contributed by atoms with E-state index in [1.54, 1.807) is 41.5 Å². The summed E-state index contributed by atoms with van der Waals surface area (Å²) in [6, 6.07) is -0.599. The van der Waals surface area contributed by atoms with Crippen molar-refractivity contribution in [2.75, 3.05) is 13.2 Å². The molecule has 0 N–H and O–H groups in total. The van der Waals surface area contributed by atoms with Crippen LogP contribution < -0.4 is 0 Å². The number of hydrogen-bond acceptors (Lipinski definition) is 6. The van der Waals surface area contributed by atoms with Crippen LogP contribution in [0.3, 0.4) is 0 Å². The molecule has 0 bridgehead atoms. The quantitative estimate of drug-likeness (QED) is 0.338. The second-order valence-electron chi connectivity index (χ2n) is 7.03. The maximum absolute atomic E-state index is 12.5. The second kappa shape index (κ2) is 7.34. The lowest BCUT2D eigenvalue weighted by Gasteiger charge is -2.34. The first kappa shape index (κ1) is 20.2. The van der Waals surface area contributed by atoms with Crippen LogP contribution >= 0.6 is 0 Å². The fourth-order valence-electron chi connectivity index (χ4n) is 2.35. The first-order valence-electron chi connectivity index (χ1n) is 7.95. The first-order valence-corrected chi connectivity index (χ1v) is 7.95. The smallest absolute Gasteiger partial charge is 0.413 e. The molecule has 0 radical (unpaired) electrons. The van der Waals surface area contributed by atoms with E-state index in [0.29, 0.717) is 0 Å². The van der Waals surface area contributed by atoms with Gasteiger partial charge in [-0.15, -0.1) is 0 Å². The summed E-state index contributed by atoms with van der Waals surface area (Å²) >= 11 is 0. The molecule has 0 spiro atoms. The topological polar surface area (TPSA) is 82.1 Å². The molecular weight excluding hydrogens is 314 g/mol. The van der Waals surface area contributed by atoms with Crippen molar-refractivity contribution in [3.05, 3.63) is 11.6 Å². The standard InChI is InChI=1S/C17H27NO6/c1-8-22-14(20)13(11(2)19)9-12-10-23-17(6,7)18(12)15(21)24-16(3,4)5/h9,12H,8,10H2,1-7H3/b13-9+/t12-/m1/s1. The van der Waals surface area contributed by atoms with Gasteiger partial charge in [0.05, 0.1) is 19.3 Å². The molecule has 1 fully saturated rings. The Morgan fingerprint density at radius 3 is 2.33 bits per heavy atom. The summed E-state index contributed by atoms with van der Waals surface area (Å²) in [7, 11) is 0. The van der Waals surface area contributed by atoms with Gasteiger partial charge in [-0.05, 0) is 54.5 Å². The molecule has 1 aliphatic heterocycles. The highest BCUT2D eigenvalue weighted by atomic mass is 16.6. The van der Waals surface area contributed by atoms with Crippen LogP contribution in [0.1, 0.15) is 48.5 Å². The molecule has 0 aromatic rings. The van der Waals surface area contributed by atoms with Crippen molar-refractivity contribution in [2.45, 2.75) is 65.8 Å². The zero-order valence-corrected chi connectivity index (χ0v) is 15.5. The number of rotatable bonds is 4. The summed E-state index contributed by atoms with van der Waals surface area (Å²) in [4.78, 5) is 37.6. The van der Waals surface area contributed by atoms with Gasteiger partial charge >= 0.3 is 12.1 Å². The average molecular weight is 341 g/mol. The van der Waals surface area contributed by atoms with E-state index < -0.39 is 35.2 Å². The number of carbonyl (C=O) groups is 3. The molecular formula is C17H27NO6. The molecule has 1 heterocycles. The molecule has 1 rings (SSSR count). The van der Waals surface area contributed by atoms with E-state index in [1.165, 1.54) is 17.9 Å². The molecule has 1 atom stereocenters. The van der Waals surface area contributed by atoms with Crippen molar-refractivity contribution in [1.82, 2.24) is 4.90 Å². The van der Waals surface area contributed by atoms with E-state index in [9.17, 15) is 14.4 Å². The fourth-order valence-corrected chi connectivity index (χ4v) is 2.35. The molecule has 7 nitrogen and oxygen atoms in total. The average Bonchev–Trinajstić information content (AvgIpc) is 2.68. The fraction of sp³-hybridized carbons (Fsp3) is 0.706. The van der Waals surface area contributed by atoms with Crippen LogP contribution in [0.2, 0.25) is 0 Å². The Morgan fingerprint density at radius 2 is 1.88 bits per heavy atom. The number of amides is 1. The van der Waals surface area contributed by atoms with Crippen molar-refractivity contribution in [1.29, 1.82) is 0 Å². The molecule has 0 aromatic heterocycles. The van der Waals surface area contributed by atoms with Gasteiger partial charge < -0.3 is 14.2 Å². The number of esters is 1. The predicted octanol–water partition coefficient (Wildman–Crippen LogP) is 2.44. The monoisotopic (exact) mass is 341 g/mol. The summed E-state index contributed by atoms with van der Waals surface area (Å²) < 4.78 is 16.0. The van der Waals surface area contributed by atoms with Gasteiger partial charge in [0.1, 0.15) is 16.9 Å². The highest BCUT2D eigenvalue weighted by Crippen LogP contribution is 2.30. The van der Waals surface area contributed by atoms with Gasteiger partial charge in [0, 0.05) is 0 Å². The Balaban J connectivity index is 3.15. The molecule has 1 aliphatic rings. The van der Waals surface area contributed by atoms with Crippen LogP contribution in [-0.4, -0.2) is 53.3 Å². The summed E-state index contributed by atoms with van der Waals surface area (Å²) in [5, 5.41) is 0. The van der Waals surface area contributed by atoms with E-state index in [2.05, 4.69) is 0 Å². The van der Waals surface area contributed by atoms with E-state index in [-0.39, 0.29) is 18.8 Å². The summed E-state index contributed by atoms with van der Waals surface area (Å²) in [5.74, 6) is -1.14. The minimum Gasteiger partial charge on any atom is -0.462 e. The first-order chi connectivity index (χ1) is 10.9. The second-order valence-corrected chi connectivity index (χ2v) is 7.03. The Bertz CT molecular complexity index is 544. The Morgan fingerprint density at radius 1 is 1.29 bits per heavy atom. The minimum absolute atomic E-state index is 0.100. The number of nitrogens with zero attached hydrogens (tertiary/aromatic N) is 1. The highest BCUT2D eigenvalue weighted by molar-refractivity contribution is 6.16. The third-order valence-electron chi connectivity index (χ3n) is 3.34. The van der Waals surface area contributed by atoms with Gasteiger partial charge in [-0.3, -0.25) is 9.69 Å². The van der Waals surface area contributed by atoms with Crippen molar-refractivity contribution >= 4 is 17.8 Å². The summed E-state index contributed by atoms with van der Waals surface area (Å²) in [6.07, 6.45) is 0.844. The van der Waals surface area contributed by atoms with Crippen molar-refractivity contribution in [3.8, 4) is 0 Å². The summed E-state index contributed by atoms with van der Waals surface area (Å²) in [5.41, 5.74) is -1.69. The van der Waals surface area contributed by atoms with E-state index in [4.69, 9.17) is 14.2 Å². The number of hydrogen-bond donors (Lipinski definition) is 0. The van der Waals surface area contributed by atoms with Crippen molar-refractivity contribution < 1.29 is 28.6 Å². The van der Waals surface area contributed by atoms with Gasteiger partial charge in [-0.1, -0.05) is 0 Å². The Hall–Kier alpha value is -1.89. The largest absolute Gasteiger partial charge is 0.462 e. The molecule has 0 aliphatic carbocycles. The number of carbonyl (C=O) groups excluding carboxylic acids is 3. The highest BCUT2D eigenvalue weighted by Gasteiger charge is 2.45. The van der Waals surface area contributed by atoms with Crippen LogP contribution in [0.4, 0.5) is 4.79 Å². The van der Waals surface area contributed by atoms with Gasteiger partial charge in [0.2, 0.25) is 0 Å². The molecule has 1 saturated heterocycles. The normalized spacial score (nSPS) is 20.7. The van der Waals surface area contributed by atoms with E-state index in [0.717, 1.165) is 0 Å². The number of ether oxygens (including phenoxy) is 3. The third-order valence-corrected chi connectivity index (χ3v) is 3.34. The minimum atomic E-state index is -0.917. The van der Waals surface area contributed by atoms with Crippen LogP contribution in [0.25, 0.3) is 0 Å². The molecule has 136 valence electrons. The zero-order valence-electron chi connectivity index (χ0n) is 15.5. The van der Waals surface area contributed by atoms with Crippen LogP contribution in [0.5, 0.6) is 0 Å². The third kappa shape index (κ3) is 5.06. The Labute approximate surface area is 142 Å². The van der Waals surface area contributed by atoms with Crippen LogP contribution in [0.15, 0.2) is 11.6 Å². The van der Waals surface area contributed by atoms with Crippen molar-refractivity contribution in [3.63, 3.8) is 0 Å². The Kier molecular flexibility index (Phi) is 6.16. The lowest BCUT2D eigenvalue weighted by atomic mass is 10.1. The van der Waals surface area contributed by atoms with Crippen LogP contribution in [-0.2, 0) is 23.8 Å². The van der Waals surface area contributed by atoms with Gasteiger partial charge in [0.15, 0.2) is 5.78 Å². The molecule has 1 amide bonds. The molecule has 24 heavy (non-hydrogen) atoms. The zero-order chi connectivity index (χ0) is 18.7. The molecule has 7 heteroatoms. The molecule has 0 aromatic carbocycles. The van der Waals surface area contributed by atoms with E-state index in [1.807, 2.05) is 0 Å². The van der Waals surface area contributed by atoms with Gasteiger partial charge in [-0.2, -0.15) is 0 Å². The molecule has 0 unspecified atom stereocenters. The summed E-state index contributed by atoms with van der Waals surface area (Å²) in [6.45, 7) is 12.0. The lowest BCUT2D eigenvalue weighted by Crippen LogP contribution is -2.49. The lowest BCUT2D eigenvalue weighted by molar-refractivity contribution is -0.139. The van der Waals surface area contributed by atoms with Crippen molar-refractivity contribution in [2.24, 2.45) is 0 Å². The van der Waals surface area contributed by atoms with Crippen LogP contribution in [0, 0.1) is 0 Å². The number of Topliss-reactive ketones (excluding diaryl/α,β-unsaturated/α-hetero) is 1. The SMILES string of the molecule is CCOC(=O)/C(=C/[C@@H]1COC(C)(C)N1C(=O)OC(C)(C)C)C(C)=O. The van der Waals surface area contributed by atoms with Gasteiger partial charge in [-0.25, -0.2) is 9.59 Å². The maximum atomic E-state index is 12.5. The molecule has 0 saturated carbocycles. The maximum Gasteiger partial charge on any atom is 0.413 e. The van der Waals surface area contributed by atoms with E-state index >= 15 is 0 Å². The van der Waals surface area contributed by atoms with Gasteiger partial charge in [0.25, 0.3) is 0 Å².